The zero-order chi connectivity index (χ0) is 15.7. The molecule has 0 aliphatic heterocycles. The van der Waals surface area contributed by atoms with E-state index in [2.05, 4.69) is 31.2 Å². The van der Waals surface area contributed by atoms with Gasteiger partial charge in [0.1, 0.15) is 29.3 Å². The number of aryl methyl sites for hydroxylation is 1. The third-order valence-electron chi connectivity index (χ3n) is 3.47. The van der Waals surface area contributed by atoms with Crippen molar-refractivity contribution in [2.45, 2.75) is 19.4 Å². The highest BCUT2D eigenvalue weighted by atomic mass is 79.9. The molecule has 3 rings (SSSR count). The van der Waals surface area contributed by atoms with Crippen molar-refractivity contribution in [1.82, 2.24) is 9.97 Å². The summed E-state index contributed by atoms with van der Waals surface area (Å²) in [5, 5.41) is 14.7. The zero-order valence-electron chi connectivity index (χ0n) is 12.3. The van der Waals surface area contributed by atoms with Crippen LogP contribution in [0.5, 0.6) is 0 Å². The van der Waals surface area contributed by atoms with E-state index in [1.165, 1.54) is 6.33 Å². The molecule has 0 radical (unpaired) electrons. The minimum Gasteiger partial charge on any atom is -0.463 e. The van der Waals surface area contributed by atoms with Gasteiger partial charge in [0.05, 0.1) is 12.1 Å². The predicted molar refractivity (Wildman–Crippen MR) is 88.7 cm³/mol. The normalized spacial score (nSPS) is 14.0. The zero-order valence-corrected chi connectivity index (χ0v) is 13.9. The van der Waals surface area contributed by atoms with Gasteiger partial charge < -0.3 is 14.8 Å². The summed E-state index contributed by atoms with van der Waals surface area (Å²) in [4.78, 5) is 8.50. The molecule has 0 fully saturated rings. The Kier molecular flexibility index (Phi) is 3.88. The highest BCUT2D eigenvalue weighted by molar-refractivity contribution is 9.10. The summed E-state index contributed by atoms with van der Waals surface area (Å²) in [5.74, 6) is 1.97. The molecule has 2 N–H and O–H groups in total. The van der Waals surface area contributed by atoms with Crippen molar-refractivity contribution in [3.05, 3.63) is 52.7 Å². The molecule has 0 amide bonds. The van der Waals surface area contributed by atoms with Crippen molar-refractivity contribution >= 4 is 32.7 Å². The number of aliphatic hydroxyl groups is 1. The van der Waals surface area contributed by atoms with E-state index in [0.29, 0.717) is 11.6 Å². The third-order valence-corrected chi connectivity index (χ3v) is 3.96. The number of nitrogens with zero attached hydrogens (tertiary/aromatic N) is 2. The lowest BCUT2D eigenvalue weighted by Gasteiger charge is -2.22. The number of nitrogens with one attached hydrogen (secondary N) is 1. The topological polar surface area (TPSA) is 71.2 Å². The van der Waals surface area contributed by atoms with Crippen LogP contribution in [-0.4, -0.2) is 21.6 Å². The Hall–Kier alpha value is -1.92. The fourth-order valence-electron chi connectivity index (χ4n) is 2.24. The first kappa shape index (κ1) is 15.0. The van der Waals surface area contributed by atoms with Crippen LogP contribution < -0.4 is 5.32 Å². The number of anilines is 1. The van der Waals surface area contributed by atoms with Crippen LogP contribution >= 0.6 is 15.9 Å². The molecule has 0 aliphatic rings. The summed E-state index contributed by atoms with van der Waals surface area (Å²) in [7, 11) is 0. The number of aromatic nitrogens is 2. The van der Waals surface area contributed by atoms with Crippen LogP contribution in [0.15, 0.2) is 45.5 Å². The molecular weight excluding hydrogens is 346 g/mol. The number of rotatable bonds is 4. The van der Waals surface area contributed by atoms with Crippen LogP contribution in [0, 0.1) is 6.92 Å². The lowest BCUT2D eigenvalue weighted by Crippen LogP contribution is -2.30. The van der Waals surface area contributed by atoms with Crippen LogP contribution in [0.2, 0.25) is 0 Å². The average molecular weight is 362 g/mol. The van der Waals surface area contributed by atoms with Gasteiger partial charge in [0.15, 0.2) is 0 Å². The molecule has 0 saturated heterocycles. The summed E-state index contributed by atoms with van der Waals surface area (Å²) >= 11 is 3.45. The van der Waals surface area contributed by atoms with Crippen LogP contribution in [0.3, 0.4) is 0 Å². The number of fused-ring (bicyclic) bond motifs is 1. The van der Waals surface area contributed by atoms with Crippen LogP contribution in [0.1, 0.15) is 18.4 Å². The minimum absolute atomic E-state index is 0.276. The molecule has 1 atom stereocenters. The summed E-state index contributed by atoms with van der Waals surface area (Å²) in [6.07, 6.45) is 1.50. The molecule has 5 nitrogen and oxygen atoms in total. The third kappa shape index (κ3) is 2.98. The van der Waals surface area contributed by atoms with Crippen LogP contribution in [-0.2, 0) is 5.60 Å². The number of halogens is 1. The molecule has 6 heteroatoms. The van der Waals surface area contributed by atoms with E-state index in [0.717, 1.165) is 21.1 Å². The monoisotopic (exact) mass is 361 g/mol. The maximum absolute atomic E-state index is 10.6. The predicted octanol–water partition coefficient (Wildman–Crippen LogP) is 3.61. The van der Waals surface area contributed by atoms with Crippen molar-refractivity contribution in [2.75, 3.05) is 11.9 Å². The van der Waals surface area contributed by atoms with E-state index in [1.807, 2.05) is 31.2 Å². The van der Waals surface area contributed by atoms with Crippen LogP contribution in [0.25, 0.3) is 10.9 Å². The van der Waals surface area contributed by atoms with Gasteiger partial charge in [-0.25, -0.2) is 9.97 Å². The van der Waals surface area contributed by atoms with E-state index >= 15 is 0 Å². The fraction of sp³-hybridized carbons (Fsp3) is 0.250. The second-order valence-electron chi connectivity index (χ2n) is 5.42. The number of benzene rings is 1. The lowest BCUT2D eigenvalue weighted by molar-refractivity contribution is 0.0467. The lowest BCUT2D eigenvalue weighted by atomic mass is 10.0. The quantitative estimate of drug-likeness (QED) is 0.742. The smallest absolute Gasteiger partial charge is 0.137 e. The van der Waals surface area contributed by atoms with E-state index < -0.39 is 5.60 Å². The Balaban J connectivity index is 1.86. The van der Waals surface area contributed by atoms with Gasteiger partial charge in [-0.2, -0.15) is 0 Å². The van der Waals surface area contributed by atoms with Crippen molar-refractivity contribution < 1.29 is 9.52 Å². The first-order valence-corrected chi connectivity index (χ1v) is 7.68. The Bertz CT molecular complexity index is 814. The molecule has 2 aromatic heterocycles. The number of hydrogen-bond donors (Lipinski definition) is 2. The molecule has 0 spiro atoms. The summed E-state index contributed by atoms with van der Waals surface area (Å²) < 4.78 is 6.46. The largest absolute Gasteiger partial charge is 0.463 e. The van der Waals surface area contributed by atoms with Crippen molar-refractivity contribution in [2.24, 2.45) is 0 Å². The maximum atomic E-state index is 10.6. The molecule has 22 heavy (non-hydrogen) atoms. The maximum Gasteiger partial charge on any atom is 0.137 e. The standard InChI is InChI=1S/C16H16BrN3O2/c1-10-3-6-14(22-10)16(2,21)8-18-15-12-7-11(17)4-5-13(12)19-9-20-15/h3-7,9,21H,8H2,1-2H3,(H,18,19,20). The number of hydrogen-bond acceptors (Lipinski definition) is 5. The van der Waals surface area contributed by atoms with Gasteiger partial charge in [-0.15, -0.1) is 0 Å². The van der Waals surface area contributed by atoms with Gasteiger partial charge >= 0.3 is 0 Å². The molecule has 114 valence electrons. The van der Waals surface area contributed by atoms with Crippen LogP contribution in [0.4, 0.5) is 5.82 Å². The molecule has 3 aromatic rings. The van der Waals surface area contributed by atoms with Gasteiger partial charge in [-0.3, -0.25) is 0 Å². The first-order chi connectivity index (χ1) is 10.5. The Morgan fingerprint density at radius 1 is 1.27 bits per heavy atom. The fourth-order valence-corrected chi connectivity index (χ4v) is 2.60. The highest BCUT2D eigenvalue weighted by Gasteiger charge is 2.27. The van der Waals surface area contributed by atoms with Gasteiger partial charge in [0.25, 0.3) is 0 Å². The van der Waals surface area contributed by atoms with Gasteiger partial charge in [-0.1, -0.05) is 15.9 Å². The summed E-state index contributed by atoms with van der Waals surface area (Å²) in [6.45, 7) is 3.83. The SMILES string of the molecule is Cc1ccc(C(C)(O)CNc2ncnc3ccc(Br)cc23)o1. The van der Waals surface area contributed by atoms with E-state index in [-0.39, 0.29) is 6.54 Å². The van der Waals surface area contributed by atoms with Gasteiger partial charge in [-0.05, 0) is 44.2 Å². The van der Waals surface area contributed by atoms with Crippen molar-refractivity contribution in [3.8, 4) is 0 Å². The van der Waals surface area contributed by atoms with Crippen molar-refractivity contribution in [1.29, 1.82) is 0 Å². The Morgan fingerprint density at radius 2 is 2.09 bits per heavy atom. The summed E-state index contributed by atoms with van der Waals surface area (Å²) in [5.41, 5.74) is -0.286. The van der Waals surface area contributed by atoms with Crippen molar-refractivity contribution in [3.63, 3.8) is 0 Å². The Labute approximate surface area is 136 Å². The first-order valence-electron chi connectivity index (χ1n) is 6.89. The summed E-state index contributed by atoms with van der Waals surface area (Å²) in [6, 6.07) is 9.41. The molecule has 1 unspecified atom stereocenters. The van der Waals surface area contributed by atoms with E-state index in [4.69, 9.17) is 4.42 Å². The second-order valence-corrected chi connectivity index (χ2v) is 6.34. The van der Waals surface area contributed by atoms with E-state index in [1.54, 1.807) is 13.0 Å². The van der Waals surface area contributed by atoms with E-state index in [9.17, 15) is 5.11 Å². The Morgan fingerprint density at radius 3 is 2.82 bits per heavy atom. The minimum atomic E-state index is -1.13. The molecule has 0 saturated carbocycles. The second kappa shape index (κ2) is 5.70. The van der Waals surface area contributed by atoms with Gasteiger partial charge in [0, 0.05) is 9.86 Å². The van der Waals surface area contributed by atoms with Gasteiger partial charge in [0.2, 0.25) is 0 Å². The molecule has 2 heterocycles. The molecular formula is C16H16BrN3O2. The molecule has 0 aliphatic carbocycles. The highest BCUT2D eigenvalue weighted by Crippen LogP contribution is 2.26. The number of furan rings is 1. The molecule has 1 aromatic carbocycles. The average Bonchev–Trinajstić information content (AvgIpc) is 2.92. The molecule has 0 bridgehead atoms.